The fourth-order valence-corrected chi connectivity index (χ4v) is 4.51. The summed E-state index contributed by atoms with van der Waals surface area (Å²) in [7, 11) is 0. The predicted molar refractivity (Wildman–Crippen MR) is 90.0 cm³/mol. The minimum atomic E-state index is -0.509. The molecule has 0 spiro atoms. The Kier molecular flexibility index (Phi) is 3.86. The van der Waals surface area contributed by atoms with Crippen molar-refractivity contribution in [2.45, 2.75) is 59.8 Å². The van der Waals surface area contributed by atoms with Gasteiger partial charge in [-0.1, -0.05) is 39.3 Å². The highest BCUT2D eigenvalue weighted by molar-refractivity contribution is 6.50. The first-order valence-electron chi connectivity index (χ1n) is 8.67. The summed E-state index contributed by atoms with van der Waals surface area (Å²) in [5.41, 5.74) is 3.07. The number of carbonyl (C=O) groups is 2. The topological polar surface area (TPSA) is 54.4 Å². The number of aliphatic hydroxyl groups excluding tert-OH is 1. The minimum absolute atomic E-state index is 0.0802. The van der Waals surface area contributed by atoms with Crippen molar-refractivity contribution in [1.82, 2.24) is 0 Å². The second-order valence-corrected chi connectivity index (χ2v) is 8.11. The van der Waals surface area contributed by atoms with Gasteiger partial charge >= 0.3 is 0 Å². The van der Waals surface area contributed by atoms with Gasteiger partial charge in [0.15, 0.2) is 0 Å². The Morgan fingerprint density at radius 3 is 2.52 bits per heavy atom. The van der Waals surface area contributed by atoms with Gasteiger partial charge < -0.3 is 5.11 Å². The van der Waals surface area contributed by atoms with Crippen LogP contribution in [0.25, 0.3) is 0 Å². The number of carbonyl (C=O) groups excluding carboxylic acids is 2. The van der Waals surface area contributed by atoms with Crippen molar-refractivity contribution < 1.29 is 14.7 Å². The van der Waals surface area contributed by atoms with E-state index in [2.05, 4.69) is 19.9 Å². The summed E-state index contributed by atoms with van der Waals surface area (Å²) in [6, 6.07) is 0. The van der Waals surface area contributed by atoms with E-state index in [-0.39, 0.29) is 17.1 Å². The molecule has 124 valence electrons. The SMILES string of the molecule is CC(C)C1=C(O)C2=C(CC3=CCCC(C)(C)C3CC2)C(=O)C1=O. The molecule has 0 aliphatic heterocycles. The molecule has 0 aromatic rings. The molecule has 0 saturated carbocycles. The van der Waals surface area contributed by atoms with Gasteiger partial charge in [-0.2, -0.15) is 0 Å². The molecule has 0 saturated heterocycles. The largest absolute Gasteiger partial charge is 0.507 e. The molecule has 0 amide bonds. The van der Waals surface area contributed by atoms with Gasteiger partial charge in [-0.3, -0.25) is 9.59 Å². The molecule has 1 N–H and O–H groups in total. The van der Waals surface area contributed by atoms with E-state index in [1.54, 1.807) is 0 Å². The van der Waals surface area contributed by atoms with Gasteiger partial charge in [0, 0.05) is 16.7 Å². The first-order valence-corrected chi connectivity index (χ1v) is 8.67. The highest BCUT2D eigenvalue weighted by Crippen LogP contribution is 2.49. The normalized spacial score (nSPS) is 27.7. The van der Waals surface area contributed by atoms with Crippen LogP contribution in [0.3, 0.4) is 0 Å². The van der Waals surface area contributed by atoms with Crippen molar-refractivity contribution in [1.29, 1.82) is 0 Å². The molecule has 1 unspecified atom stereocenters. The molecule has 3 rings (SSSR count). The lowest BCUT2D eigenvalue weighted by Gasteiger charge is -2.39. The van der Waals surface area contributed by atoms with E-state index in [9.17, 15) is 14.7 Å². The lowest BCUT2D eigenvalue weighted by Crippen LogP contribution is -2.29. The Labute approximate surface area is 138 Å². The Morgan fingerprint density at radius 1 is 1.17 bits per heavy atom. The number of Topliss-reactive ketones (excluding diaryl/α,β-unsaturated/α-hetero) is 2. The minimum Gasteiger partial charge on any atom is -0.507 e. The van der Waals surface area contributed by atoms with Crippen molar-refractivity contribution >= 4 is 11.6 Å². The van der Waals surface area contributed by atoms with E-state index in [4.69, 9.17) is 0 Å². The van der Waals surface area contributed by atoms with E-state index in [0.717, 1.165) is 24.8 Å². The lowest BCUT2D eigenvalue weighted by molar-refractivity contribution is -0.132. The van der Waals surface area contributed by atoms with Gasteiger partial charge in [0.25, 0.3) is 0 Å². The quantitative estimate of drug-likeness (QED) is 0.442. The molecule has 0 radical (unpaired) electrons. The van der Waals surface area contributed by atoms with Crippen LogP contribution in [0.15, 0.2) is 34.1 Å². The smallest absolute Gasteiger partial charge is 0.233 e. The number of aliphatic hydroxyl groups is 1. The predicted octanol–water partition coefficient (Wildman–Crippen LogP) is 4.45. The van der Waals surface area contributed by atoms with E-state index in [1.165, 1.54) is 5.57 Å². The summed E-state index contributed by atoms with van der Waals surface area (Å²) in [6.45, 7) is 8.28. The van der Waals surface area contributed by atoms with Crippen molar-refractivity contribution in [2.75, 3.05) is 0 Å². The maximum atomic E-state index is 12.6. The Morgan fingerprint density at radius 2 is 1.87 bits per heavy atom. The van der Waals surface area contributed by atoms with Crippen molar-refractivity contribution in [3.8, 4) is 0 Å². The highest BCUT2D eigenvalue weighted by atomic mass is 16.3. The second kappa shape index (κ2) is 5.47. The van der Waals surface area contributed by atoms with E-state index in [1.807, 2.05) is 13.8 Å². The molecular formula is C20H26O3. The maximum absolute atomic E-state index is 12.6. The van der Waals surface area contributed by atoms with Crippen LogP contribution in [0.2, 0.25) is 0 Å². The first kappa shape index (κ1) is 16.2. The fourth-order valence-electron chi connectivity index (χ4n) is 4.51. The zero-order valence-electron chi connectivity index (χ0n) is 14.5. The molecule has 3 aliphatic rings. The summed E-state index contributed by atoms with van der Waals surface area (Å²) < 4.78 is 0. The molecule has 3 nitrogen and oxygen atoms in total. The van der Waals surface area contributed by atoms with E-state index >= 15 is 0 Å². The molecule has 0 fully saturated rings. The molecule has 1 atom stereocenters. The van der Waals surface area contributed by atoms with Gasteiger partial charge in [-0.15, -0.1) is 0 Å². The van der Waals surface area contributed by atoms with E-state index in [0.29, 0.717) is 29.9 Å². The summed E-state index contributed by atoms with van der Waals surface area (Å²) in [5, 5.41) is 10.6. The average Bonchev–Trinajstić information content (AvgIpc) is 2.65. The van der Waals surface area contributed by atoms with Crippen LogP contribution in [0, 0.1) is 17.3 Å². The van der Waals surface area contributed by atoms with Gasteiger partial charge in [0.05, 0.1) is 0 Å². The third kappa shape index (κ3) is 2.50. The zero-order chi connectivity index (χ0) is 16.9. The van der Waals surface area contributed by atoms with Gasteiger partial charge in [0.2, 0.25) is 11.6 Å². The standard InChI is InChI=1S/C20H26O3/c1-11(2)16-17(21)13-7-8-15-12(6-5-9-20(15,3)4)10-14(13)18(22)19(16)23/h6,11,15,21H,5,7-10H2,1-4H3. The molecule has 0 heterocycles. The maximum Gasteiger partial charge on any atom is 0.233 e. The van der Waals surface area contributed by atoms with Crippen molar-refractivity contribution in [3.63, 3.8) is 0 Å². The number of allylic oxidation sites excluding steroid dienone is 5. The zero-order valence-corrected chi connectivity index (χ0v) is 14.5. The van der Waals surface area contributed by atoms with Crippen LogP contribution >= 0.6 is 0 Å². The van der Waals surface area contributed by atoms with Crippen molar-refractivity contribution in [3.05, 3.63) is 34.1 Å². The fraction of sp³-hybridized carbons (Fsp3) is 0.600. The molecule has 3 aliphatic carbocycles. The first-order chi connectivity index (χ1) is 10.7. The van der Waals surface area contributed by atoms with Crippen LogP contribution in [0.5, 0.6) is 0 Å². The third-order valence-electron chi connectivity index (χ3n) is 5.86. The van der Waals surface area contributed by atoms with Crippen LogP contribution < -0.4 is 0 Å². The number of rotatable bonds is 1. The number of fused-ring (bicyclic) bond motifs is 1. The van der Waals surface area contributed by atoms with E-state index < -0.39 is 11.6 Å². The second-order valence-electron chi connectivity index (χ2n) is 8.11. The van der Waals surface area contributed by atoms with Crippen LogP contribution in [0.4, 0.5) is 0 Å². The highest BCUT2D eigenvalue weighted by Gasteiger charge is 2.42. The summed E-state index contributed by atoms with van der Waals surface area (Å²) in [5.74, 6) is -0.532. The molecule has 0 bridgehead atoms. The van der Waals surface area contributed by atoms with Gasteiger partial charge in [0.1, 0.15) is 5.76 Å². The van der Waals surface area contributed by atoms with Gasteiger partial charge in [-0.25, -0.2) is 0 Å². The van der Waals surface area contributed by atoms with Gasteiger partial charge in [-0.05, 0) is 49.4 Å². The lowest BCUT2D eigenvalue weighted by atomic mass is 9.66. The van der Waals surface area contributed by atoms with Crippen molar-refractivity contribution in [2.24, 2.45) is 17.3 Å². The summed E-state index contributed by atoms with van der Waals surface area (Å²) in [6.07, 6.45) is 6.59. The van der Waals surface area contributed by atoms with Crippen LogP contribution in [-0.2, 0) is 9.59 Å². The Balaban J connectivity index is 2.07. The average molecular weight is 314 g/mol. The number of hydrogen-bond donors (Lipinski definition) is 1. The Bertz CT molecular complexity index is 671. The molecule has 3 heteroatoms. The van der Waals surface area contributed by atoms with Crippen LogP contribution in [0.1, 0.15) is 59.8 Å². The summed E-state index contributed by atoms with van der Waals surface area (Å²) >= 11 is 0. The molecule has 0 aromatic carbocycles. The third-order valence-corrected chi connectivity index (χ3v) is 5.86. The summed E-state index contributed by atoms with van der Waals surface area (Å²) in [4.78, 5) is 25.0. The molecule has 0 aromatic heterocycles. The van der Waals surface area contributed by atoms with Crippen LogP contribution in [-0.4, -0.2) is 16.7 Å². The monoisotopic (exact) mass is 314 g/mol. The number of ketones is 2. The Hall–Kier alpha value is -1.64. The molecular weight excluding hydrogens is 288 g/mol. The number of hydrogen-bond acceptors (Lipinski definition) is 3. The molecule has 23 heavy (non-hydrogen) atoms.